The topological polar surface area (TPSA) is 88.2 Å². The molecule has 1 amide bonds. The first-order chi connectivity index (χ1) is 13.3. The van der Waals surface area contributed by atoms with Crippen molar-refractivity contribution >= 4 is 50.0 Å². The van der Waals surface area contributed by atoms with E-state index >= 15 is 0 Å². The molecule has 3 aromatic rings. The first-order valence-electron chi connectivity index (χ1n) is 8.73. The molecular formula is C19H21N3O3S3. The Hall–Kier alpha value is -2.23. The number of benzene rings is 1. The number of nitrogens with one attached hydrogen (secondary N) is 2. The number of nitrogens with zero attached hydrogens (tertiary/aromatic N) is 1. The first kappa shape index (κ1) is 20.5. The third kappa shape index (κ3) is 4.60. The van der Waals surface area contributed by atoms with Crippen LogP contribution in [0.25, 0.3) is 9.88 Å². The Morgan fingerprint density at radius 2 is 1.89 bits per heavy atom. The molecule has 0 bridgehead atoms. The summed E-state index contributed by atoms with van der Waals surface area (Å²) in [5, 5.41) is 5.67. The summed E-state index contributed by atoms with van der Waals surface area (Å²) in [6.45, 7) is 5.39. The minimum Gasteiger partial charge on any atom is -0.321 e. The molecule has 2 heterocycles. The summed E-state index contributed by atoms with van der Waals surface area (Å²) < 4.78 is 26.7. The summed E-state index contributed by atoms with van der Waals surface area (Å²) in [4.78, 5) is 18.9. The number of aryl methyl sites for hydroxylation is 1. The fourth-order valence-corrected chi connectivity index (χ4v) is 5.61. The summed E-state index contributed by atoms with van der Waals surface area (Å²) in [5.41, 5.74) is 2.36. The second-order valence-electron chi connectivity index (χ2n) is 6.26. The molecular weight excluding hydrogens is 414 g/mol. The Balaban J connectivity index is 1.82. The molecule has 0 aliphatic carbocycles. The molecule has 0 aliphatic rings. The van der Waals surface area contributed by atoms with Crippen LogP contribution in [0.15, 0.2) is 35.7 Å². The zero-order chi connectivity index (χ0) is 20.3. The Morgan fingerprint density at radius 3 is 2.57 bits per heavy atom. The standard InChI is InChI=1S/C19H21N3O3S3/c1-4-11-28(24,25)22-15-8-5-7-14(12(15)2)21-18(23)17-13(3)20-19(27-17)16-9-6-10-26-16/h5-10,22H,4,11H2,1-3H3,(H,21,23). The number of thiazole rings is 1. The molecule has 0 aliphatic heterocycles. The summed E-state index contributed by atoms with van der Waals surface area (Å²) in [6.07, 6.45) is 0.530. The van der Waals surface area contributed by atoms with Crippen molar-refractivity contribution in [3.05, 3.63) is 51.8 Å². The molecule has 2 aromatic heterocycles. The molecule has 6 nitrogen and oxygen atoms in total. The summed E-state index contributed by atoms with van der Waals surface area (Å²) in [7, 11) is -3.40. The Morgan fingerprint density at radius 1 is 1.14 bits per heavy atom. The molecule has 9 heteroatoms. The monoisotopic (exact) mass is 435 g/mol. The van der Waals surface area contributed by atoms with Crippen molar-refractivity contribution in [1.82, 2.24) is 4.98 Å². The average Bonchev–Trinajstić information content (AvgIpc) is 3.27. The first-order valence-corrected chi connectivity index (χ1v) is 12.1. The van der Waals surface area contributed by atoms with E-state index in [1.54, 1.807) is 36.5 Å². The molecule has 0 saturated heterocycles. The van der Waals surface area contributed by atoms with Crippen molar-refractivity contribution in [2.24, 2.45) is 0 Å². The molecule has 0 spiro atoms. The maximum absolute atomic E-state index is 12.8. The fraction of sp³-hybridized carbons (Fsp3) is 0.263. The van der Waals surface area contributed by atoms with Gasteiger partial charge in [-0.25, -0.2) is 13.4 Å². The van der Waals surface area contributed by atoms with Gasteiger partial charge in [0.05, 0.1) is 22.0 Å². The average molecular weight is 436 g/mol. The molecule has 28 heavy (non-hydrogen) atoms. The third-order valence-corrected chi connectivity index (χ3v) is 7.73. The summed E-state index contributed by atoms with van der Waals surface area (Å²) in [5.74, 6) is -0.205. The van der Waals surface area contributed by atoms with E-state index < -0.39 is 10.0 Å². The number of hydrogen-bond acceptors (Lipinski definition) is 6. The van der Waals surface area contributed by atoms with Crippen molar-refractivity contribution < 1.29 is 13.2 Å². The van der Waals surface area contributed by atoms with Gasteiger partial charge in [-0.15, -0.1) is 22.7 Å². The smallest absolute Gasteiger partial charge is 0.267 e. The van der Waals surface area contributed by atoms with Crippen LogP contribution in [0.5, 0.6) is 0 Å². The van der Waals surface area contributed by atoms with Gasteiger partial charge in [0, 0.05) is 5.69 Å². The molecule has 0 radical (unpaired) electrons. The van der Waals surface area contributed by atoms with Gasteiger partial charge in [-0.05, 0) is 49.4 Å². The van der Waals surface area contributed by atoms with Crippen LogP contribution in [0, 0.1) is 13.8 Å². The lowest BCUT2D eigenvalue weighted by atomic mass is 10.1. The fourth-order valence-electron chi connectivity index (χ4n) is 2.66. The van der Waals surface area contributed by atoms with Gasteiger partial charge in [0.1, 0.15) is 9.88 Å². The van der Waals surface area contributed by atoms with Crippen LogP contribution in [0.2, 0.25) is 0 Å². The largest absolute Gasteiger partial charge is 0.321 e. The van der Waals surface area contributed by atoms with Crippen molar-refractivity contribution in [2.75, 3.05) is 15.8 Å². The van der Waals surface area contributed by atoms with Gasteiger partial charge in [0.15, 0.2) is 0 Å². The van der Waals surface area contributed by atoms with Gasteiger partial charge in [-0.2, -0.15) is 0 Å². The molecule has 0 fully saturated rings. The van der Waals surface area contributed by atoms with Crippen LogP contribution < -0.4 is 10.0 Å². The van der Waals surface area contributed by atoms with E-state index in [-0.39, 0.29) is 11.7 Å². The molecule has 1 aromatic carbocycles. The zero-order valence-electron chi connectivity index (χ0n) is 15.8. The Kier molecular flexibility index (Phi) is 6.17. The van der Waals surface area contributed by atoms with Crippen molar-refractivity contribution in [3.63, 3.8) is 0 Å². The number of aromatic nitrogens is 1. The van der Waals surface area contributed by atoms with Gasteiger partial charge < -0.3 is 5.32 Å². The van der Waals surface area contributed by atoms with E-state index in [4.69, 9.17) is 0 Å². The van der Waals surface area contributed by atoms with Crippen LogP contribution in [-0.4, -0.2) is 25.1 Å². The lowest BCUT2D eigenvalue weighted by Gasteiger charge is -2.14. The molecule has 2 N–H and O–H groups in total. The second kappa shape index (κ2) is 8.42. The lowest BCUT2D eigenvalue weighted by Crippen LogP contribution is -2.18. The Bertz CT molecular complexity index is 1090. The zero-order valence-corrected chi connectivity index (χ0v) is 18.2. The van der Waals surface area contributed by atoms with Crippen molar-refractivity contribution in [1.29, 1.82) is 0 Å². The summed E-state index contributed by atoms with van der Waals surface area (Å²) in [6, 6.07) is 9.07. The highest BCUT2D eigenvalue weighted by atomic mass is 32.2. The van der Waals surface area contributed by atoms with E-state index in [1.807, 2.05) is 31.4 Å². The molecule has 0 atom stereocenters. The second-order valence-corrected chi connectivity index (χ2v) is 10.1. The number of hydrogen-bond donors (Lipinski definition) is 2. The number of sulfonamides is 1. The maximum Gasteiger partial charge on any atom is 0.267 e. The molecule has 3 rings (SSSR count). The highest BCUT2D eigenvalue weighted by Crippen LogP contribution is 2.32. The highest BCUT2D eigenvalue weighted by Gasteiger charge is 2.19. The van der Waals surface area contributed by atoms with Gasteiger partial charge in [-0.3, -0.25) is 9.52 Å². The quantitative estimate of drug-likeness (QED) is 0.553. The minimum atomic E-state index is -3.40. The van der Waals surface area contributed by atoms with E-state index in [9.17, 15) is 13.2 Å². The van der Waals surface area contributed by atoms with Gasteiger partial charge in [-0.1, -0.05) is 19.1 Å². The number of carbonyl (C=O) groups excluding carboxylic acids is 1. The van der Waals surface area contributed by atoms with E-state index in [2.05, 4.69) is 15.0 Å². The molecule has 0 unspecified atom stereocenters. The van der Waals surface area contributed by atoms with Crippen LogP contribution in [0.4, 0.5) is 11.4 Å². The normalized spacial score (nSPS) is 11.4. The van der Waals surface area contributed by atoms with Gasteiger partial charge in [0.2, 0.25) is 10.0 Å². The summed E-state index contributed by atoms with van der Waals surface area (Å²) >= 11 is 2.93. The number of rotatable bonds is 7. The van der Waals surface area contributed by atoms with Crippen molar-refractivity contribution in [2.45, 2.75) is 27.2 Å². The number of carbonyl (C=O) groups is 1. The minimum absolute atomic E-state index is 0.0502. The van der Waals surface area contributed by atoms with Crippen LogP contribution in [0.1, 0.15) is 34.3 Å². The number of anilines is 2. The van der Waals surface area contributed by atoms with Crippen LogP contribution in [0.3, 0.4) is 0 Å². The van der Waals surface area contributed by atoms with Gasteiger partial charge >= 0.3 is 0 Å². The Labute approximate surface area is 172 Å². The highest BCUT2D eigenvalue weighted by molar-refractivity contribution is 7.92. The van der Waals surface area contributed by atoms with Crippen LogP contribution >= 0.6 is 22.7 Å². The lowest BCUT2D eigenvalue weighted by molar-refractivity contribution is 0.102. The predicted octanol–water partition coefficient (Wildman–Crippen LogP) is 4.89. The number of amides is 1. The van der Waals surface area contributed by atoms with Crippen LogP contribution in [-0.2, 0) is 10.0 Å². The van der Waals surface area contributed by atoms with E-state index in [0.29, 0.717) is 33.9 Å². The molecule has 148 valence electrons. The number of thiophene rings is 1. The van der Waals surface area contributed by atoms with E-state index in [0.717, 1.165) is 9.88 Å². The predicted molar refractivity (Wildman–Crippen MR) is 117 cm³/mol. The SMILES string of the molecule is CCCS(=O)(=O)Nc1cccc(NC(=O)c2sc(-c3cccs3)nc2C)c1C. The maximum atomic E-state index is 12.8. The van der Waals surface area contributed by atoms with Gasteiger partial charge in [0.25, 0.3) is 5.91 Å². The van der Waals surface area contributed by atoms with Crippen molar-refractivity contribution in [3.8, 4) is 9.88 Å². The molecule has 0 saturated carbocycles. The van der Waals surface area contributed by atoms with E-state index in [1.165, 1.54) is 11.3 Å². The third-order valence-electron chi connectivity index (χ3n) is 4.06.